The number of nitrogens with zero attached hydrogens (tertiary/aromatic N) is 2. The highest BCUT2D eigenvalue weighted by atomic mass is 79.9. The average Bonchev–Trinajstić information content (AvgIpc) is 2.60. The molecule has 0 spiro atoms. The van der Waals surface area contributed by atoms with Crippen LogP contribution in [-0.2, 0) is 0 Å². The lowest BCUT2D eigenvalue weighted by Gasteiger charge is -2.10. The van der Waals surface area contributed by atoms with Crippen molar-refractivity contribution in [1.29, 1.82) is 5.26 Å². The predicted molar refractivity (Wildman–Crippen MR) is 93.8 cm³/mol. The zero-order valence-corrected chi connectivity index (χ0v) is 14.5. The summed E-state index contributed by atoms with van der Waals surface area (Å²) >= 11 is 3.33. The molecule has 0 saturated heterocycles. The number of nitro groups is 1. The van der Waals surface area contributed by atoms with E-state index in [1.165, 1.54) is 26.4 Å². The molecule has 0 aliphatic heterocycles. The number of allylic oxidation sites excluding steroid dienone is 1. The molecule has 0 N–H and O–H groups in total. The van der Waals surface area contributed by atoms with Crippen molar-refractivity contribution in [3.05, 3.63) is 62.1 Å². The Morgan fingerprint density at radius 1 is 1.21 bits per heavy atom. The zero-order chi connectivity index (χ0) is 17.7. The van der Waals surface area contributed by atoms with Crippen LogP contribution in [0.5, 0.6) is 11.5 Å². The highest BCUT2D eigenvalue weighted by molar-refractivity contribution is 9.10. The van der Waals surface area contributed by atoms with Crippen LogP contribution in [0.3, 0.4) is 0 Å². The van der Waals surface area contributed by atoms with E-state index in [1.807, 2.05) is 18.2 Å². The van der Waals surface area contributed by atoms with E-state index >= 15 is 0 Å². The molecule has 6 nitrogen and oxygen atoms in total. The number of halogens is 1. The third kappa shape index (κ3) is 3.73. The van der Waals surface area contributed by atoms with E-state index in [9.17, 15) is 15.4 Å². The molecule has 0 unspecified atom stereocenters. The summed E-state index contributed by atoms with van der Waals surface area (Å²) in [5.41, 5.74) is 0.851. The number of rotatable bonds is 5. The van der Waals surface area contributed by atoms with Crippen molar-refractivity contribution >= 4 is 33.3 Å². The van der Waals surface area contributed by atoms with E-state index in [2.05, 4.69) is 15.9 Å². The van der Waals surface area contributed by atoms with Crippen LogP contribution in [0.15, 0.2) is 40.9 Å². The summed E-state index contributed by atoms with van der Waals surface area (Å²) in [7, 11) is 2.82. The lowest BCUT2D eigenvalue weighted by Crippen LogP contribution is -1.98. The fourth-order valence-corrected chi connectivity index (χ4v) is 2.40. The molecule has 0 saturated carbocycles. The highest BCUT2D eigenvalue weighted by Gasteiger charge is 2.22. The van der Waals surface area contributed by atoms with Gasteiger partial charge in [-0.2, -0.15) is 5.26 Å². The Kier molecular flexibility index (Phi) is 5.55. The van der Waals surface area contributed by atoms with Gasteiger partial charge >= 0.3 is 0 Å². The SMILES string of the molecule is COc1cc(/C(C#N)=C/c2ccc(Br)cc2)c([N+](=O)[O-])cc1OC. The molecule has 122 valence electrons. The fraction of sp³-hybridized carbons (Fsp3) is 0.118. The van der Waals surface area contributed by atoms with Crippen molar-refractivity contribution in [3.8, 4) is 17.6 Å². The second-order valence-electron chi connectivity index (χ2n) is 4.70. The number of hydrogen-bond donors (Lipinski definition) is 0. The molecule has 0 amide bonds. The van der Waals surface area contributed by atoms with E-state index in [4.69, 9.17) is 9.47 Å². The lowest BCUT2D eigenvalue weighted by atomic mass is 10.0. The molecule has 0 aromatic heterocycles. The molecule has 0 bridgehead atoms. The van der Waals surface area contributed by atoms with Crippen LogP contribution in [0.1, 0.15) is 11.1 Å². The Morgan fingerprint density at radius 3 is 2.29 bits per heavy atom. The van der Waals surface area contributed by atoms with Gasteiger partial charge in [0, 0.05) is 4.47 Å². The zero-order valence-electron chi connectivity index (χ0n) is 12.9. The molecular formula is C17H13BrN2O4. The summed E-state index contributed by atoms with van der Waals surface area (Å²) in [5, 5.41) is 20.8. The van der Waals surface area contributed by atoms with Gasteiger partial charge in [0.1, 0.15) is 6.07 Å². The van der Waals surface area contributed by atoms with Crippen molar-refractivity contribution in [2.24, 2.45) is 0 Å². The van der Waals surface area contributed by atoms with E-state index in [0.717, 1.165) is 10.0 Å². The standard InChI is InChI=1S/C17H13BrN2O4/c1-23-16-8-14(15(20(21)22)9-17(16)24-2)12(10-19)7-11-3-5-13(18)6-4-11/h3-9H,1-2H3/b12-7+. The maximum atomic E-state index is 11.4. The summed E-state index contributed by atoms with van der Waals surface area (Å²) in [6, 6.07) is 11.9. The molecule has 0 atom stereocenters. The molecular weight excluding hydrogens is 376 g/mol. The maximum Gasteiger partial charge on any atom is 0.281 e. The first-order chi connectivity index (χ1) is 11.5. The van der Waals surface area contributed by atoms with Gasteiger partial charge in [-0.05, 0) is 29.8 Å². The van der Waals surface area contributed by atoms with Crippen LogP contribution in [0.25, 0.3) is 11.6 Å². The van der Waals surface area contributed by atoms with Crippen molar-refractivity contribution in [3.63, 3.8) is 0 Å². The Morgan fingerprint density at radius 2 is 1.79 bits per heavy atom. The van der Waals surface area contributed by atoms with Crippen LogP contribution in [0.2, 0.25) is 0 Å². The Balaban J connectivity index is 2.64. The van der Waals surface area contributed by atoms with Gasteiger partial charge in [-0.3, -0.25) is 10.1 Å². The van der Waals surface area contributed by atoms with Crippen LogP contribution < -0.4 is 9.47 Å². The van der Waals surface area contributed by atoms with Gasteiger partial charge in [0.15, 0.2) is 11.5 Å². The molecule has 2 aromatic rings. The number of hydrogen-bond acceptors (Lipinski definition) is 5. The first kappa shape index (κ1) is 17.5. The molecule has 2 rings (SSSR count). The van der Waals surface area contributed by atoms with Gasteiger partial charge in [-0.15, -0.1) is 0 Å². The van der Waals surface area contributed by atoms with E-state index < -0.39 is 4.92 Å². The number of ether oxygens (including phenoxy) is 2. The predicted octanol–water partition coefficient (Wildman–Crippen LogP) is 4.44. The summed E-state index contributed by atoms with van der Waals surface area (Å²) in [4.78, 5) is 10.8. The largest absolute Gasteiger partial charge is 0.493 e. The van der Waals surface area contributed by atoms with Crippen molar-refractivity contribution < 1.29 is 14.4 Å². The third-order valence-electron chi connectivity index (χ3n) is 3.29. The molecule has 7 heteroatoms. The molecule has 0 aliphatic carbocycles. The van der Waals surface area contributed by atoms with Crippen molar-refractivity contribution in [1.82, 2.24) is 0 Å². The summed E-state index contributed by atoms with van der Waals surface area (Å²) in [6.45, 7) is 0. The molecule has 24 heavy (non-hydrogen) atoms. The van der Waals surface area contributed by atoms with Crippen molar-refractivity contribution in [2.45, 2.75) is 0 Å². The number of benzene rings is 2. The van der Waals surface area contributed by atoms with Gasteiger partial charge in [0.2, 0.25) is 0 Å². The fourth-order valence-electron chi connectivity index (χ4n) is 2.13. The molecule has 0 heterocycles. The minimum Gasteiger partial charge on any atom is -0.493 e. The minimum absolute atomic E-state index is 0.157. The average molecular weight is 389 g/mol. The second-order valence-corrected chi connectivity index (χ2v) is 5.62. The van der Waals surface area contributed by atoms with Gasteiger partial charge in [0.25, 0.3) is 5.69 Å². The first-order valence-electron chi connectivity index (χ1n) is 6.78. The molecule has 0 aliphatic rings. The van der Waals surface area contributed by atoms with Gasteiger partial charge in [-0.25, -0.2) is 0 Å². The molecule has 2 aromatic carbocycles. The van der Waals surface area contributed by atoms with Crippen LogP contribution in [0.4, 0.5) is 5.69 Å². The maximum absolute atomic E-state index is 11.4. The third-order valence-corrected chi connectivity index (χ3v) is 3.82. The molecule has 0 radical (unpaired) electrons. The number of methoxy groups -OCH3 is 2. The monoisotopic (exact) mass is 388 g/mol. The van der Waals surface area contributed by atoms with E-state index in [1.54, 1.807) is 18.2 Å². The first-order valence-corrected chi connectivity index (χ1v) is 7.57. The Hall–Kier alpha value is -2.85. The second kappa shape index (κ2) is 7.62. The summed E-state index contributed by atoms with van der Waals surface area (Å²) < 4.78 is 11.2. The van der Waals surface area contributed by atoms with Crippen molar-refractivity contribution in [2.75, 3.05) is 14.2 Å². The smallest absolute Gasteiger partial charge is 0.281 e. The summed E-state index contributed by atoms with van der Waals surface area (Å²) in [6.07, 6.45) is 1.58. The Bertz CT molecular complexity index is 839. The highest BCUT2D eigenvalue weighted by Crippen LogP contribution is 2.38. The van der Waals surface area contributed by atoms with Crippen LogP contribution in [0, 0.1) is 21.4 Å². The lowest BCUT2D eigenvalue weighted by molar-refractivity contribution is -0.385. The van der Waals surface area contributed by atoms with Crippen LogP contribution in [-0.4, -0.2) is 19.1 Å². The number of nitriles is 1. The quantitative estimate of drug-likeness (QED) is 0.327. The van der Waals surface area contributed by atoms with E-state index in [-0.39, 0.29) is 22.6 Å². The minimum atomic E-state index is -0.552. The topological polar surface area (TPSA) is 85.4 Å². The Labute approximate surface area is 147 Å². The summed E-state index contributed by atoms with van der Waals surface area (Å²) in [5.74, 6) is 0.545. The van der Waals surface area contributed by atoms with E-state index in [0.29, 0.717) is 5.75 Å². The normalized spacial score (nSPS) is 10.8. The van der Waals surface area contributed by atoms with Gasteiger partial charge in [-0.1, -0.05) is 28.1 Å². The van der Waals surface area contributed by atoms with Gasteiger partial charge < -0.3 is 9.47 Å². The number of nitro benzene ring substituents is 1. The molecule has 0 fully saturated rings. The van der Waals surface area contributed by atoms with Gasteiger partial charge in [0.05, 0.1) is 36.3 Å². The van der Waals surface area contributed by atoms with Crippen LogP contribution >= 0.6 is 15.9 Å².